The van der Waals surface area contributed by atoms with Crippen molar-refractivity contribution in [3.63, 3.8) is 0 Å². The summed E-state index contributed by atoms with van der Waals surface area (Å²) >= 11 is 2.25. The Morgan fingerprint density at radius 1 is 1.13 bits per heavy atom. The third kappa shape index (κ3) is 6.73. The standard InChI is InChI=1S/C26H33N5O5S2/c1-15-20(24(34)35-8)22(38-21(15)23(33)30(5)6)27-19(32)14-37-25-29-28-18(31(25)7)13-36-17-11-9-16(10-12-17)26(2,3)4/h9-12H,13-14H2,1-8H3,(H,27,32). The molecule has 2 aromatic heterocycles. The number of amides is 2. The molecule has 0 radical (unpaired) electrons. The molecule has 0 spiro atoms. The molecule has 204 valence electrons. The van der Waals surface area contributed by atoms with Gasteiger partial charge in [-0.05, 0) is 35.6 Å². The lowest BCUT2D eigenvalue weighted by atomic mass is 9.87. The molecule has 0 aliphatic rings. The van der Waals surface area contributed by atoms with Gasteiger partial charge in [0.05, 0.1) is 23.3 Å². The van der Waals surface area contributed by atoms with Gasteiger partial charge < -0.3 is 24.3 Å². The predicted octanol–water partition coefficient (Wildman–Crippen LogP) is 4.28. The number of esters is 1. The minimum atomic E-state index is -0.620. The Morgan fingerprint density at radius 2 is 1.79 bits per heavy atom. The first kappa shape index (κ1) is 29.2. The van der Waals surface area contributed by atoms with E-state index in [0.717, 1.165) is 17.1 Å². The van der Waals surface area contributed by atoms with Gasteiger partial charge in [-0.15, -0.1) is 21.5 Å². The molecule has 10 nitrogen and oxygen atoms in total. The van der Waals surface area contributed by atoms with Crippen molar-refractivity contribution < 1.29 is 23.9 Å². The van der Waals surface area contributed by atoms with Gasteiger partial charge in [0.25, 0.3) is 5.91 Å². The molecule has 0 saturated heterocycles. The van der Waals surface area contributed by atoms with Gasteiger partial charge in [0.1, 0.15) is 17.4 Å². The predicted molar refractivity (Wildman–Crippen MR) is 148 cm³/mol. The van der Waals surface area contributed by atoms with Gasteiger partial charge in [0, 0.05) is 21.1 Å². The third-order valence-electron chi connectivity index (χ3n) is 5.74. The van der Waals surface area contributed by atoms with Crippen molar-refractivity contribution in [2.45, 2.75) is 44.9 Å². The molecule has 0 aliphatic heterocycles. The minimum absolute atomic E-state index is 0.0234. The normalized spacial score (nSPS) is 11.3. The summed E-state index contributed by atoms with van der Waals surface area (Å²) in [5.41, 5.74) is 1.93. The second-order valence-electron chi connectivity index (χ2n) is 9.81. The van der Waals surface area contributed by atoms with Gasteiger partial charge in [-0.2, -0.15) is 0 Å². The van der Waals surface area contributed by atoms with Crippen LogP contribution in [0.5, 0.6) is 5.75 Å². The topological polar surface area (TPSA) is 116 Å². The lowest BCUT2D eigenvalue weighted by Crippen LogP contribution is -2.21. The Hall–Kier alpha value is -3.38. The zero-order valence-electron chi connectivity index (χ0n) is 22.9. The summed E-state index contributed by atoms with van der Waals surface area (Å²) in [4.78, 5) is 39.4. The van der Waals surface area contributed by atoms with E-state index in [-0.39, 0.29) is 40.2 Å². The van der Waals surface area contributed by atoms with E-state index in [1.165, 1.54) is 29.3 Å². The molecule has 38 heavy (non-hydrogen) atoms. The number of ether oxygens (including phenoxy) is 2. The van der Waals surface area contributed by atoms with Crippen LogP contribution in [0.3, 0.4) is 0 Å². The number of hydrogen-bond acceptors (Lipinski definition) is 9. The highest BCUT2D eigenvalue weighted by Crippen LogP contribution is 2.34. The molecule has 0 saturated carbocycles. The van der Waals surface area contributed by atoms with Crippen LogP contribution in [0.4, 0.5) is 5.00 Å². The Balaban J connectivity index is 1.63. The monoisotopic (exact) mass is 559 g/mol. The van der Waals surface area contributed by atoms with Crippen LogP contribution in [0.25, 0.3) is 0 Å². The number of aromatic nitrogens is 3. The van der Waals surface area contributed by atoms with E-state index < -0.39 is 5.97 Å². The summed E-state index contributed by atoms with van der Waals surface area (Å²) in [6.45, 7) is 8.36. The number of thioether (sulfide) groups is 1. The minimum Gasteiger partial charge on any atom is -0.486 e. The molecule has 0 aliphatic carbocycles. The number of benzene rings is 1. The summed E-state index contributed by atoms with van der Waals surface area (Å²) < 4.78 is 12.5. The van der Waals surface area contributed by atoms with E-state index in [0.29, 0.717) is 21.4 Å². The summed E-state index contributed by atoms with van der Waals surface area (Å²) in [6, 6.07) is 7.96. The lowest BCUT2D eigenvalue weighted by Gasteiger charge is -2.19. The first-order valence-corrected chi connectivity index (χ1v) is 13.6. The summed E-state index contributed by atoms with van der Waals surface area (Å²) in [6.07, 6.45) is 0. The summed E-state index contributed by atoms with van der Waals surface area (Å²) in [7, 11) is 6.30. The number of carbonyl (C=O) groups excluding carboxylic acids is 3. The Kier molecular flexibility index (Phi) is 9.21. The molecule has 0 bridgehead atoms. The second kappa shape index (κ2) is 12.0. The Bertz CT molecular complexity index is 1320. The largest absolute Gasteiger partial charge is 0.486 e. The first-order chi connectivity index (χ1) is 17.8. The average Bonchev–Trinajstić information content (AvgIpc) is 3.38. The molecule has 0 unspecified atom stereocenters. The van der Waals surface area contributed by atoms with Gasteiger partial charge in [-0.25, -0.2) is 4.79 Å². The lowest BCUT2D eigenvalue weighted by molar-refractivity contribution is -0.113. The number of carbonyl (C=O) groups is 3. The molecular formula is C26H33N5O5S2. The Morgan fingerprint density at radius 3 is 2.37 bits per heavy atom. The van der Waals surface area contributed by atoms with Crippen molar-refractivity contribution in [2.75, 3.05) is 32.3 Å². The van der Waals surface area contributed by atoms with Gasteiger partial charge in [-0.3, -0.25) is 9.59 Å². The maximum atomic E-state index is 12.7. The van der Waals surface area contributed by atoms with Crippen LogP contribution >= 0.6 is 23.1 Å². The van der Waals surface area contributed by atoms with Crippen molar-refractivity contribution >= 4 is 45.9 Å². The molecule has 2 heterocycles. The van der Waals surface area contributed by atoms with Crippen molar-refractivity contribution in [1.82, 2.24) is 19.7 Å². The Labute approximate surface area is 230 Å². The van der Waals surface area contributed by atoms with Gasteiger partial charge in [0.2, 0.25) is 5.91 Å². The molecule has 0 atom stereocenters. The fourth-order valence-corrected chi connectivity index (χ4v) is 5.41. The van der Waals surface area contributed by atoms with E-state index in [1.807, 2.05) is 24.3 Å². The van der Waals surface area contributed by atoms with Crippen LogP contribution in [0.2, 0.25) is 0 Å². The van der Waals surface area contributed by atoms with Crippen molar-refractivity contribution in [2.24, 2.45) is 7.05 Å². The summed E-state index contributed by atoms with van der Waals surface area (Å²) in [5, 5.41) is 11.9. The second-order valence-corrected chi connectivity index (χ2v) is 11.8. The van der Waals surface area contributed by atoms with E-state index >= 15 is 0 Å². The van der Waals surface area contributed by atoms with Gasteiger partial charge in [-0.1, -0.05) is 44.7 Å². The maximum absolute atomic E-state index is 12.7. The van der Waals surface area contributed by atoms with Crippen LogP contribution < -0.4 is 10.1 Å². The molecular weight excluding hydrogens is 526 g/mol. The number of methoxy groups -OCH3 is 1. The number of thiophene rings is 1. The highest BCUT2D eigenvalue weighted by atomic mass is 32.2. The maximum Gasteiger partial charge on any atom is 0.341 e. The molecule has 0 fully saturated rings. The van der Waals surface area contributed by atoms with Crippen LogP contribution in [0, 0.1) is 6.92 Å². The zero-order chi connectivity index (χ0) is 28.2. The van der Waals surface area contributed by atoms with Gasteiger partial charge >= 0.3 is 5.97 Å². The molecule has 12 heteroatoms. The van der Waals surface area contributed by atoms with Crippen LogP contribution in [-0.4, -0.2) is 64.4 Å². The fraction of sp³-hybridized carbons (Fsp3) is 0.423. The number of anilines is 1. The third-order valence-corrected chi connectivity index (χ3v) is 7.95. The van der Waals surface area contributed by atoms with E-state index in [1.54, 1.807) is 32.6 Å². The average molecular weight is 560 g/mol. The van der Waals surface area contributed by atoms with E-state index in [9.17, 15) is 14.4 Å². The van der Waals surface area contributed by atoms with Crippen LogP contribution in [-0.2, 0) is 28.6 Å². The van der Waals surface area contributed by atoms with E-state index in [2.05, 4.69) is 36.3 Å². The molecule has 3 aromatic rings. The van der Waals surface area contributed by atoms with E-state index in [4.69, 9.17) is 9.47 Å². The molecule has 1 N–H and O–H groups in total. The van der Waals surface area contributed by atoms with Crippen molar-refractivity contribution in [3.8, 4) is 5.75 Å². The van der Waals surface area contributed by atoms with Gasteiger partial charge in [0.15, 0.2) is 11.0 Å². The quantitative estimate of drug-likeness (QED) is 0.305. The fourth-order valence-electron chi connectivity index (χ4n) is 3.44. The highest BCUT2D eigenvalue weighted by molar-refractivity contribution is 7.99. The molecule has 3 rings (SSSR count). The van der Waals surface area contributed by atoms with Crippen molar-refractivity contribution in [1.29, 1.82) is 0 Å². The zero-order valence-corrected chi connectivity index (χ0v) is 24.5. The number of hydrogen-bond donors (Lipinski definition) is 1. The first-order valence-electron chi connectivity index (χ1n) is 11.8. The molecule has 2 amide bonds. The van der Waals surface area contributed by atoms with Crippen LogP contribution in [0.1, 0.15) is 57.8 Å². The molecule has 1 aromatic carbocycles. The summed E-state index contributed by atoms with van der Waals surface area (Å²) in [5.74, 6) is 0.133. The van der Waals surface area contributed by atoms with Crippen molar-refractivity contribution in [3.05, 3.63) is 51.7 Å². The number of rotatable bonds is 9. The number of nitrogens with zero attached hydrogens (tertiary/aromatic N) is 4. The number of nitrogens with one attached hydrogen (secondary N) is 1. The SMILES string of the molecule is COC(=O)c1c(NC(=O)CSc2nnc(COc3ccc(C(C)(C)C)cc3)n2C)sc(C(=O)N(C)C)c1C. The van der Waals surface area contributed by atoms with Crippen LogP contribution in [0.15, 0.2) is 29.4 Å². The smallest absolute Gasteiger partial charge is 0.341 e. The highest BCUT2D eigenvalue weighted by Gasteiger charge is 2.27.